The Balaban J connectivity index is 1.11. The Kier molecular flexibility index (Phi) is 6.14. The van der Waals surface area contributed by atoms with Gasteiger partial charge in [-0.15, -0.1) is 0 Å². The minimum absolute atomic E-state index is 0.0921. The maximum atomic E-state index is 5.22. The molecule has 3 heteroatoms. The van der Waals surface area contributed by atoms with E-state index in [0.29, 0.717) is 23.5 Å². The second-order valence-electron chi connectivity index (χ2n) is 15.3. The van der Waals surface area contributed by atoms with E-state index >= 15 is 0 Å². The molecular weight excluding hydrogens is 607 g/mol. The van der Waals surface area contributed by atoms with Crippen molar-refractivity contribution < 1.29 is 0 Å². The first-order valence-corrected chi connectivity index (χ1v) is 18.4. The standard InChI is InChI=1S/C47H37N3/c1-3-10-31(11-4-1)34-15-9-16-35(27-34)45-48-44(33-13-5-2-6-14-33)49-46(50-45)36-19-21-42-41(28-36)40-20-18-32-12-7-8-17-39(32)43(40)47(42)37-23-29-22-30(25-37)26-38(47)24-29/h1-21,27-30,37-38H,22-26H2. The largest absolute Gasteiger partial charge is 0.208 e. The lowest BCUT2D eigenvalue weighted by atomic mass is 9.43. The smallest absolute Gasteiger partial charge is 0.164 e. The summed E-state index contributed by atoms with van der Waals surface area (Å²) in [7, 11) is 0. The Hall–Kier alpha value is -5.41. The molecule has 0 saturated heterocycles. The Morgan fingerprint density at radius 1 is 0.420 bits per heavy atom. The predicted octanol–water partition coefficient (Wildman–Crippen LogP) is 11.4. The molecule has 5 aliphatic carbocycles. The van der Waals surface area contributed by atoms with Crippen LogP contribution in [0.2, 0.25) is 0 Å². The summed E-state index contributed by atoms with van der Waals surface area (Å²) >= 11 is 0. The van der Waals surface area contributed by atoms with Gasteiger partial charge in [0.2, 0.25) is 0 Å². The molecule has 50 heavy (non-hydrogen) atoms. The van der Waals surface area contributed by atoms with Crippen molar-refractivity contribution in [1.29, 1.82) is 0 Å². The lowest BCUT2D eigenvalue weighted by molar-refractivity contribution is -0.0393. The van der Waals surface area contributed by atoms with Crippen molar-refractivity contribution >= 4 is 10.8 Å². The zero-order valence-electron chi connectivity index (χ0n) is 28.0. The highest BCUT2D eigenvalue weighted by Gasteiger charge is 2.62. The summed E-state index contributed by atoms with van der Waals surface area (Å²) in [4.78, 5) is 15.5. The van der Waals surface area contributed by atoms with Gasteiger partial charge in [0.05, 0.1) is 0 Å². The third-order valence-electron chi connectivity index (χ3n) is 12.7. The summed E-state index contributed by atoms with van der Waals surface area (Å²) in [5.41, 5.74) is 11.4. The molecule has 0 amide bonds. The molecule has 0 unspecified atom stereocenters. The highest BCUT2D eigenvalue weighted by Crippen LogP contribution is 2.70. The van der Waals surface area contributed by atoms with Gasteiger partial charge in [-0.25, -0.2) is 15.0 Å². The maximum absolute atomic E-state index is 5.22. The zero-order chi connectivity index (χ0) is 32.8. The van der Waals surface area contributed by atoms with Crippen molar-refractivity contribution in [3.63, 3.8) is 0 Å². The molecule has 0 radical (unpaired) electrons. The van der Waals surface area contributed by atoms with E-state index in [-0.39, 0.29) is 5.41 Å². The number of rotatable bonds is 4. The van der Waals surface area contributed by atoms with Gasteiger partial charge in [-0.05, 0) is 112 Å². The predicted molar refractivity (Wildman–Crippen MR) is 202 cm³/mol. The fourth-order valence-electron chi connectivity index (χ4n) is 10.9. The molecule has 7 aromatic rings. The Labute approximate surface area is 293 Å². The van der Waals surface area contributed by atoms with E-state index in [2.05, 4.69) is 133 Å². The van der Waals surface area contributed by atoms with E-state index in [1.54, 1.807) is 11.1 Å². The third-order valence-corrected chi connectivity index (χ3v) is 12.7. The van der Waals surface area contributed by atoms with Gasteiger partial charge in [-0.1, -0.05) is 127 Å². The summed E-state index contributed by atoms with van der Waals surface area (Å²) in [6, 6.07) is 50.5. The fourth-order valence-corrected chi connectivity index (χ4v) is 10.9. The van der Waals surface area contributed by atoms with Gasteiger partial charge in [-0.2, -0.15) is 0 Å². The lowest BCUT2D eigenvalue weighted by Crippen LogP contribution is -2.55. The van der Waals surface area contributed by atoms with E-state index in [1.807, 2.05) is 6.07 Å². The van der Waals surface area contributed by atoms with Crippen LogP contribution in [0.1, 0.15) is 43.2 Å². The van der Waals surface area contributed by atoms with Gasteiger partial charge in [0.15, 0.2) is 17.5 Å². The van der Waals surface area contributed by atoms with Crippen LogP contribution in [-0.4, -0.2) is 15.0 Å². The monoisotopic (exact) mass is 643 g/mol. The zero-order valence-corrected chi connectivity index (χ0v) is 28.0. The van der Waals surface area contributed by atoms with Crippen LogP contribution in [0, 0.1) is 23.7 Å². The third kappa shape index (κ3) is 4.13. The first kappa shape index (κ1) is 28.4. The van der Waals surface area contributed by atoms with E-state index < -0.39 is 0 Å². The van der Waals surface area contributed by atoms with Crippen LogP contribution in [0.3, 0.4) is 0 Å². The molecule has 1 aromatic heterocycles. The topological polar surface area (TPSA) is 38.7 Å². The van der Waals surface area contributed by atoms with Gasteiger partial charge < -0.3 is 0 Å². The molecule has 1 heterocycles. The minimum atomic E-state index is 0.0921. The highest BCUT2D eigenvalue weighted by molar-refractivity contribution is 5.98. The maximum Gasteiger partial charge on any atom is 0.164 e. The van der Waals surface area contributed by atoms with Crippen LogP contribution in [0.15, 0.2) is 140 Å². The van der Waals surface area contributed by atoms with Crippen molar-refractivity contribution in [1.82, 2.24) is 15.0 Å². The van der Waals surface area contributed by atoms with Crippen molar-refractivity contribution in [2.24, 2.45) is 23.7 Å². The van der Waals surface area contributed by atoms with Crippen LogP contribution >= 0.6 is 0 Å². The van der Waals surface area contributed by atoms with E-state index in [1.165, 1.54) is 59.6 Å². The van der Waals surface area contributed by atoms with Gasteiger partial charge in [0.1, 0.15) is 0 Å². The highest BCUT2D eigenvalue weighted by atomic mass is 15.0. The van der Waals surface area contributed by atoms with Crippen LogP contribution in [0.25, 0.3) is 67.2 Å². The first-order chi connectivity index (χ1) is 24.7. The summed E-state index contributed by atoms with van der Waals surface area (Å²) in [6.45, 7) is 0. The van der Waals surface area contributed by atoms with Gasteiger partial charge >= 0.3 is 0 Å². The molecule has 1 spiro atoms. The van der Waals surface area contributed by atoms with E-state index in [4.69, 9.17) is 15.0 Å². The average molecular weight is 644 g/mol. The van der Waals surface area contributed by atoms with Crippen molar-refractivity contribution in [3.8, 4) is 56.4 Å². The molecule has 12 rings (SSSR count). The molecule has 0 aliphatic heterocycles. The summed E-state index contributed by atoms with van der Waals surface area (Å²) in [6.07, 6.45) is 6.94. The number of fused-ring (bicyclic) bond motifs is 5. The quantitative estimate of drug-likeness (QED) is 0.192. The van der Waals surface area contributed by atoms with Gasteiger partial charge in [0, 0.05) is 22.1 Å². The molecule has 5 aliphatic rings. The second kappa shape index (κ2) is 10.8. The summed E-state index contributed by atoms with van der Waals surface area (Å²) in [5, 5.41) is 2.81. The molecule has 240 valence electrons. The SMILES string of the molecule is c1ccc(-c2cccc(-c3nc(-c4ccccc4)nc(-c4ccc5c(c4)-c4ccc6ccccc6c4C54C5CC6CC(C5)CC4C6)n3)c2)cc1. The molecule has 0 N–H and O–H groups in total. The number of benzene rings is 6. The first-order valence-electron chi connectivity index (χ1n) is 18.4. The Morgan fingerprint density at radius 3 is 1.72 bits per heavy atom. The minimum Gasteiger partial charge on any atom is -0.208 e. The molecule has 3 nitrogen and oxygen atoms in total. The van der Waals surface area contributed by atoms with Crippen molar-refractivity contribution in [2.45, 2.75) is 37.5 Å². The Bertz CT molecular complexity index is 2420. The average Bonchev–Trinajstić information content (AvgIpc) is 3.48. The summed E-state index contributed by atoms with van der Waals surface area (Å²) in [5.74, 6) is 5.34. The van der Waals surface area contributed by atoms with E-state index in [0.717, 1.165) is 39.9 Å². The molecule has 4 bridgehead atoms. The van der Waals surface area contributed by atoms with Crippen LogP contribution in [0.4, 0.5) is 0 Å². The molecule has 6 aromatic carbocycles. The number of hydrogen-bond acceptors (Lipinski definition) is 3. The summed E-state index contributed by atoms with van der Waals surface area (Å²) < 4.78 is 0. The molecular formula is C47H37N3. The molecule has 4 fully saturated rings. The van der Waals surface area contributed by atoms with Crippen molar-refractivity contribution in [3.05, 3.63) is 151 Å². The second-order valence-corrected chi connectivity index (χ2v) is 15.3. The lowest BCUT2D eigenvalue weighted by Gasteiger charge is -2.61. The van der Waals surface area contributed by atoms with E-state index in [9.17, 15) is 0 Å². The van der Waals surface area contributed by atoms with Crippen LogP contribution in [-0.2, 0) is 5.41 Å². The molecule has 0 atom stereocenters. The van der Waals surface area contributed by atoms with Crippen LogP contribution in [0.5, 0.6) is 0 Å². The van der Waals surface area contributed by atoms with Crippen molar-refractivity contribution in [2.75, 3.05) is 0 Å². The molecule has 4 saturated carbocycles. The number of nitrogens with zero attached hydrogens (tertiary/aromatic N) is 3. The normalized spacial score (nSPS) is 24.1. The number of hydrogen-bond donors (Lipinski definition) is 0. The fraction of sp³-hybridized carbons (Fsp3) is 0.213. The Morgan fingerprint density at radius 2 is 1.00 bits per heavy atom. The van der Waals surface area contributed by atoms with Crippen LogP contribution < -0.4 is 0 Å². The van der Waals surface area contributed by atoms with Gasteiger partial charge in [-0.3, -0.25) is 0 Å². The van der Waals surface area contributed by atoms with Gasteiger partial charge in [0.25, 0.3) is 0 Å². The number of aromatic nitrogens is 3.